The van der Waals surface area contributed by atoms with Gasteiger partial charge in [0.15, 0.2) is 0 Å². The first kappa shape index (κ1) is 16.3. The standard InChI is InChI=1S/C19H18BrN3O2/c20-13-6-9-17-16(10-13)15-2-1-3-18(19(15)22-17)21-11-12-4-7-14(8-5-12)23(24)25/h4-10,18,21-22H,1-3,11H2/t18-/m1/s1. The van der Waals surface area contributed by atoms with Crippen LogP contribution in [-0.2, 0) is 13.0 Å². The third kappa shape index (κ3) is 3.19. The van der Waals surface area contributed by atoms with Crippen LogP contribution in [0, 0.1) is 10.1 Å². The zero-order valence-corrected chi connectivity index (χ0v) is 15.2. The summed E-state index contributed by atoms with van der Waals surface area (Å²) in [7, 11) is 0. The van der Waals surface area contributed by atoms with Crippen LogP contribution in [0.2, 0.25) is 0 Å². The number of non-ortho nitro benzene ring substituents is 1. The van der Waals surface area contributed by atoms with Gasteiger partial charge in [-0.25, -0.2) is 0 Å². The normalized spacial score (nSPS) is 16.8. The monoisotopic (exact) mass is 399 g/mol. The number of aromatic nitrogens is 1. The number of nitrogens with zero attached hydrogens (tertiary/aromatic N) is 1. The molecule has 6 heteroatoms. The van der Waals surface area contributed by atoms with E-state index in [2.05, 4.69) is 44.4 Å². The SMILES string of the molecule is O=[N+]([O-])c1ccc(CN[C@@H]2CCCc3c2[nH]c2ccc(Br)cc32)cc1. The van der Waals surface area contributed by atoms with E-state index in [0.717, 1.165) is 29.3 Å². The number of fused-ring (bicyclic) bond motifs is 3. The van der Waals surface area contributed by atoms with Crippen molar-refractivity contribution >= 4 is 32.5 Å². The molecule has 2 N–H and O–H groups in total. The molecule has 3 aromatic rings. The quantitative estimate of drug-likeness (QED) is 0.478. The summed E-state index contributed by atoms with van der Waals surface area (Å²) in [5.41, 5.74) is 5.05. The maximum Gasteiger partial charge on any atom is 0.269 e. The van der Waals surface area contributed by atoms with Crippen LogP contribution in [0.3, 0.4) is 0 Å². The average molecular weight is 400 g/mol. The van der Waals surface area contributed by atoms with E-state index in [1.807, 2.05) is 12.1 Å². The highest BCUT2D eigenvalue weighted by Crippen LogP contribution is 2.35. The van der Waals surface area contributed by atoms with Crippen LogP contribution in [0.5, 0.6) is 0 Å². The van der Waals surface area contributed by atoms with Gasteiger partial charge >= 0.3 is 0 Å². The van der Waals surface area contributed by atoms with E-state index >= 15 is 0 Å². The molecule has 128 valence electrons. The Morgan fingerprint density at radius 2 is 2.04 bits per heavy atom. The number of hydrogen-bond donors (Lipinski definition) is 2. The predicted molar refractivity (Wildman–Crippen MR) is 102 cm³/mol. The molecule has 2 aromatic carbocycles. The van der Waals surface area contributed by atoms with E-state index in [-0.39, 0.29) is 16.7 Å². The summed E-state index contributed by atoms with van der Waals surface area (Å²) in [4.78, 5) is 14.0. The first-order valence-electron chi connectivity index (χ1n) is 8.38. The van der Waals surface area contributed by atoms with Crippen LogP contribution in [0.1, 0.15) is 35.7 Å². The number of benzene rings is 2. The zero-order chi connectivity index (χ0) is 17.4. The Labute approximate surface area is 153 Å². The Bertz CT molecular complexity index is 934. The summed E-state index contributed by atoms with van der Waals surface area (Å²) in [5.74, 6) is 0. The summed E-state index contributed by atoms with van der Waals surface area (Å²) < 4.78 is 1.10. The fourth-order valence-electron chi connectivity index (χ4n) is 3.62. The largest absolute Gasteiger partial charge is 0.357 e. The van der Waals surface area contributed by atoms with Crippen LogP contribution in [0.15, 0.2) is 46.9 Å². The van der Waals surface area contributed by atoms with Crippen molar-refractivity contribution in [2.75, 3.05) is 0 Å². The number of nitrogens with one attached hydrogen (secondary N) is 2. The van der Waals surface area contributed by atoms with Crippen molar-refractivity contribution in [3.8, 4) is 0 Å². The molecule has 5 nitrogen and oxygen atoms in total. The zero-order valence-electron chi connectivity index (χ0n) is 13.6. The first-order valence-corrected chi connectivity index (χ1v) is 9.18. The molecule has 0 fully saturated rings. The minimum Gasteiger partial charge on any atom is -0.357 e. The lowest BCUT2D eigenvalue weighted by Crippen LogP contribution is -2.24. The van der Waals surface area contributed by atoms with Crippen molar-refractivity contribution in [3.05, 3.63) is 73.9 Å². The molecule has 0 bridgehead atoms. The van der Waals surface area contributed by atoms with Gasteiger partial charge in [0, 0.05) is 45.8 Å². The molecule has 0 unspecified atom stereocenters. The summed E-state index contributed by atoms with van der Waals surface area (Å²) in [5, 5.41) is 15.6. The second kappa shape index (κ2) is 6.61. The average Bonchev–Trinajstić information content (AvgIpc) is 2.99. The van der Waals surface area contributed by atoms with Gasteiger partial charge in [-0.15, -0.1) is 0 Å². The van der Waals surface area contributed by atoms with E-state index in [1.165, 1.54) is 22.2 Å². The number of H-pyrrole nitrogens is 1. The van der Waals surface area contributed by atoms with Crippen molar-refractivity contribution in [1.29, 1.82) is 0 Å². The van der Waals surface area contributed by atoms with Gasteiger partial charge in [-0.3, -0.25) is 10.1 Å². The van der Waals surface area contributed by atoms with Crippen molar-refractivity contribution in [3.63, 3.8) is 0 Å². The molecule has 0 spiro atoms. The molecule has 4 rings (SSSR count). The Morgan fingerprint density at radius 1 is 1.24 bits per heavy atom. The molecule has 0 saturated heterocycles. The highest BCUT2D eigenvalue weighted by molar-refractivity contribution is 9.10. The first-order chi connectivity index (χ1) is 12.1. The van der Waals surface area contributed by atoms with E-state index in [9.17, 15) is 10.1 Å². The molecule has 1 aliphatic carbocycles. The highest BCUT2D eigenvalue weighted by Gasteiger charge is 2.24. The maximum absolute atomic E-state index is 10.7. The van der Waals surface area contributed by atoms with Gasteiger partial charge in [0.05, 0.1) is 4.92 Å². The molecule has 0 radical (unpaired) electrons. The van der Waals surface area contributed by atoms with Crippen molar-refractivity contribution in [1.82, 2.24) is 10.3 Å². The summed E-state index contributed by atoms with van der Waals surface area (Å²) >= 11 is 3.56. The molecule has 1 heterocycles. The van der Waals surface area contributed by atoms with Gasteiger partial charge in [0.25, 0.3) is 5.69 Å². The maximum atomic E-state index is 10.7. The van der Waals surface area contributed by atoms with Crippen LogP contribution < -0.4 is 5.32 Å². The smallest absolute Gasteiger partial charge is 0.269 e. The fraction of sp³-hybridized carbons (Fsp3) is 0.263. The lowest BCUT2D eigenvalue weighted by Gasteiger charge is -2.24. The second-order valence-electron chi connectivity index (χ2n) is 6.46. The van der Waals surface area contributed by atoms with Crippen LogP contribution in [0.4, 0.5) is 5.69 Å². The second-order valence-corrected chi connectivity index (χ2v) is 7.37. The fourth-order valence-corrected chi connectivity index (χ4v) is 3.98. The minimum absolute atomic E-state index is 0.130. The summed E-state index contributed by atoms with van der Waals surface area (Å²) in [6, 6.07) is 13.4. The van der Waals surface area contributed by atoms with Crippen molar-refractivity contribution in [2.24, 2.45) is 0 Å². The number of aryl methyl sites for hydroxylation is 1. The lowest BCUT2D eigenvalue weighted by molar-refractivity contribution is -0.384. The third-order valence-corrected chi connectivity index (χ3v) is 5.36. The van der Waals surface area contributed by atoms with Gasteiger partial charge in [-0.05, 0) is 48.6 Å². The number of halogens is 1. The van der Waals surface area contributed by atoms with Gasteiger partial charge in [0.2, 0.25) is 0 Å². The lowest BCUT2D eigenvalue weighted by atomic mass is 9.91. The Kier molecular flexibility index (Phi) is 4.31. The van der Waals surface area contributed by atoms with Gasteiger partial charge in [0.1, 0.15) is 0 Å². The Hall–Kier alpha value is -2.18. The number of nitro groups is 1. The molecule has 1 aromatic heterocycles. The molecule has 0 aliphatic heterocycles. The van der Waals surface area contributed by atoms with E-state index in [0.29, 0.717) is 6.54 Å². The van der Waals surface area contributed by atoms with Crippen LogP contribution >= 0.6 is 15.9 Å². The van der Waals surface area contributed by atoms with E-state index < -0.39 is 0 Å². The molecule has 1 atom stereocenters. The molecule has 1 aliphatic rings. The third-order valence-electron chi connectivity index (χ3n) is 4.87. The highest BCUT2D eigenvalue weighted by atomic mass is 79.9. The molecular formula is C19H18BrN3O2. The van der Waals surface area contributed by atoms with Gasteiger partial charge in [-0.1, -0.05) is 28.1 Å². The van der Waals surface area contributed by atoms with Crippen molar-refractivity contribution in [2.45, 2.75) is 31.8 Å². The molecule has 0 amide bonds. The predicted octanol–water partition coefficient (Wildman–Crippen LogP) is 5.01. The van der Waals surface area contributed by atoms with Gasteiger partial charge in [-0.2, -0.15) is 0 Å². The number of hydrogen-bond acceptors (Lipinski definition) is 3. The van der Waals surface area contributed by atoms with Crippen molar-refractivity contribution < 1.29 is 4.92 Å². The number of aromatic amines is 1. The topological polar surface area (TPSA) is 71.0 Å². The minimum atomic E-state index is -0.368. The molecule has 25 heavy (non-hydrogen) atoms. The van der Waals surface area contributed by atoms with E-state index in [4.69, 9.17) is 0 Å². The summed E-state index contributed by atoms with van der Waals surface area (Å²) in [6.07, 6.45) is 3.35. The van der Waals surface area contributed by atoms with E-state index in [1.54, 1.807) is 12.1 Å². The number of nitro benzene ring substituents is 1. The Morgan fingerprint density at radius 3 is 2.80 bits per heavy atom. The molecule has 0 saturated carbocycles. The Balaban J connectivity index is 1.55. The van der Waals surface area contributed by atoms with Gasteiger partial charge < -0.3 is 10.3 Å². The van der Waals surface area contributed by atoms with Crippen LogP contribution in [-0.4, -0.2) is 9.91 Å². The van der Waals surface area contributed by atoms with Crippen LogP contribution in [0.25, 0.3) is 10.9 Å². The summed E-state index contributed by atoms with van der Waals surface area (Å²) in [6.45, 7) is 0.696. The molecular weight excluding hydrogens is 382 g/mol. The number of rotatable bonds is 4.